The number of carbonyl (C=O) groups is 1. The summed E-state index contributed by atoms with van der Waals surface area (Å²) in [6, 6.07) is 0.347. The number of halogens is 1. The van der Waals surface area contributed by atoms with E-state index < -0.39 is 0 Å². The summed E-state index contributed by atoms with van der Waals surface area (Å²) in [6.45, 7) is 4.09. The van der Waals surface area contributed by atoms with E-state index in [0.29, 0.717) is 6.04 Å². The fourth-order valence-electron chi connectivity index (χ4n) is 2.48. The molecule has 2 N–H and O–H groups in total. The molecule has 1 aliphatic carbocycles. The fraction of sp³-hybridized carbons (Fsp3) is 0.917. The summed E-state index contributed by atoms with van der Waals surface area (Å²) in [4.78, 5) is 11.9. The molecule has 2 aliphatic rings. The molecule has 0 aromatic heterocycles. The summed E-state index contributed by atoms with van der Waals surface area (Å²) in [7, 11) is 0. The first-order valence-corrected chi connectivity index (χ1v) is 6.28. The van der Waals surface area contributed by atoms with Crippen LogP contribution < -0.4 is 10.6 Å². The Balaban J connectivity index is 0.00000128. The van der Waals surface area contributed by atoms with Crippen molar-refractivity contribution in [3.05, 3.63) is 0 Å². The van der Waals surface area contributed by atoms with Crippen LogP contribution >= 0.6 is 12.4 Å². The average molecular weight is 247 g/mol. The van der Waals surface area contributed by atoms with Gasteiger partial charge in [-0.05, 0) is 45.1 Å². The molecule has 1 saturated heterocycles. The van der Waals surface area contributed by atoms with Gasteiger partial charge >= 0.3 is 0 Å². The highest BCUT2D eigenvalue weighted by Crippen LogP contribution is 2.25. The molecule has 0 spiro atoms. The van der Waals surface area contributed by atoms with Crippen molar-refractivity contribution in [3.63, 3.8) is 0 Å². The first-order valence-electron chi connectivity index (χ1n) is 6.28. The smallest absolute Gasteiger partial charge is 0.224 e. The van der Waals surface area contributed by atoms with Crippen molar-refractivity contribution in [2.24, 2.45) is 11.8 Å². The largest absolute Gasteiger partial charge is 0.356 e. The van der Waals surface area contributed by atoms with Crippen LogP contribution in [0.1, 0.15) is 39.0 Å². The van der Waals surface area contributed by atoms with Gasteiger partial charge in [-0.1, -0.05) is 6.42 Å². The number of hydrogen-bond donors (Lipinski definition) is 2. The summed E-state index contributed by atoms with van der Waals surface area (Å²) < 4.78 is 0. The van der Waals surface area contributed by atoms with Gasteiger partial charge in [0, 0.05) is 12.6 Å². The molecule has 1 aliphatic heterocycles. The second-order valence-electron chi connectivity index (χ2n) is 5.03. The fourth-order valence-corrected chi connectivity index (χ4v) is 2.48. The molecule has 0 bridgehead atoms. The Bertz CT molecular complexity index is 231. The lowest BCUT2D eigenvalue weighted by Crippen LogP contribution is -2.47. The van der Waals surface area contributed by atoms with Crippen LogP contribution in [-0.4, -0.2) is 25.0 Å². The maximum atomic E-state index is 11.9. The third kappa shape index (κ3) is 3.36. The van der Waals surface area contributed by atoms with E-state index in [2.05, 4.69) is 17.6 Å². The van der Waals surface area contributed by atoms with Crippen LogP contribution in [0.25, 0.3) is 0 Å². The lowest BCUT2D eigenvalue weighted by Gasteiger charge is -2.31. The van der Waals surface area contributed by atoms with Gasteiger partial charge in [0.25, 0.3) is 0 Å². The van der Waals surface area contributed by atoms with Crippen LogP contribution in [0.4, 0.5) is 0 Å². The predicted octanol–water partition coefficient (Wildman–Crippen LogP) is 1.71. The zero-order chi connectivity index (χ0) is 10.7. The molecule has 3 nitrogen and oxygen atoms in total. The molecule has 1 amide bonds. The van der Waals surface area contributed by atoms with Gasteiger partial charge in [0.2, 0.25) is 5.91 Å². The van der Waals surface area contributed by atoms with Gasteiger partial charge in [-0.25, -0.2) is 0 Å². The second-order valence-corrected chi connectivity index (χ2v) is 5.03. The monoisotopic (exact) mass is 246 g/mol. The number of amides is 1. The zero-order valence-electron chi connectivity index (χ0n) is 10.00. The van der Waals surface area contributed by atoms with Crippen molar-refractivity contribution in [1.82, 2.24) is 10.6 Å². The zero-order valence-corrected chi connectivity index (χ0v) is 10.8. The van der Waals surface area contributed by atoms with Crippen molar-refractivity contribution in [3.8, 4) is 0 Å². The molecule has 4 heteroatoms. The van der Waals surface area contributed by atoms with Crippen LogP contribution in [0.2, 0.25) is 0 Å². The SMILES string of the molecule is C[C@H]1NCCC[C@H]1C(=O)NCC1CCC1.Cl. The normalized spacial score (nSPS) is 30.1. The van der Waals surface area contributed by atoms with E-state index in [9.17, 15) is 4.79 Å². The molecule has 1 heterocycles. The number of nitrogens with one attached hydrogen (secondary N) is 2. The van der Waals surface area contributed by atoms with E-state index in [-0.39, 0.29) is 24.2 Å². The van der Waals surface area contributed by atoms with Gasteiger partial charge in [0.1, 0.15) is 0 Å². The Kier molecular flexibility index (Phi) is 5.56. The summed E-state index contributed by atoms with van der Waals surface area (Å²) >= 11 is 0. The minimum Gasteiger partial charge on any atom is -0.356 e. The molecule has 0 radical (unpaired) electrons. The van der Waals surface area contributed by atoms with Crippen molar-refractivity contribution in [2.45, 2.75) is 45.1 Å². The Hall–Kier alpha value is -0.280. The van der Waals surface area contributed by atoms with E-state index >= 15 is 0 Å². The molecular weight excluding hydrogens is 224 g/mol. The lowest BCUT2D eigenvalue weighted by molar-refractivity contribution is -0.126. The standard InChI is InChI=1S/C12H22N2O.ClH/c1-9-11(6-3-7-13-9)12(15)14-8-10-4-2-5-10;/h9-11,13H,2-8H2,1H3,(H,14,15);1H/t9-,11-;/m1./s1. The summed E-state index contributed by atoms with van der Waals surface area (Å²) in [5, 5.41) is 6.47. The molecule has 2 fully saturated rings. The van der Waals surface area contributed by atoms with E-state index in [1.54, 1.807) is 0 Å². The van der Waals surface area contributed by atoms with E-state index in [4.69, 9.17) is 0 Å². The van der Waals surface area contributed by atoms with E-state index in [0.717, 1.165) is 31.8 Å². The summed E-state index contributed by atoms with van der Waals surface area (Å²) in [5.41, 5.74) is 0. The summed E-state index contributed by atoms with van der Waals surface area (Å²) in [5.74, 6) is 1.22. The first kappa shape index (κ1) is 13.8. The van der Waals surface area contributed by atoms with Crippen LogP contribution in [0, 0.1) is 11.8 Å². The minimum absolute atomic E-state index is 0. The maximum absolute atomic E-state index is 11.9. The molecule has 2 atom stereocenters. The van der Waals surface area contributed by atoms with Gasteiger partial charge in [-0.3, -0.25) is 4.79 Å². The van der Waals surface area contributed by atoms with Crippen LogP contribution in [0.3, 0.4) is 0 Å². The van der Waals surface area contributed by atoms with Crippen molar-refractivity contribution < 1.29 is 4.79 Å². The Morgan fingerprint density at radius 3 is 2.62 bits per heavy atom. The van der Waals surface area contributed by atoms with Gasteiger partial charge in [0.15, 0.2) is 0 Å². The first-order chi connectivity index (χ1) is 7.27. The minimum atomic E-state index is 0. The highest BCUT2D eigenvalue weighted by Gasteiger charge is 2.28. The highest BCUT2D eigenvalue weighted by atomic mass is 35.5. The Labute approximate surface area is 104 Å². The predicted molar refractivity (Wildman–Crippen MR) is 67.8 cm³/mol. The van der Waals surface area contributed by atoms with Crippen molar-refractivity contribution in [2.75, 3.05) is 13.1 Å². The molecule has 94 valence electrons. The van der Waals surface area contributed by atoms with Crippen LogP contribution in [0.5, 0.6) is 0 Å². The van der Waals surface area contributed by atoms with Crippen LogP contribution in [-0.2, 0) is 4.79 Å². The molecular formula is C12H23ClN2O. The highest BCUT2D eigenvalue weighted by molar-refractivity contribution is 5.85. The second kappa shape index (κ2) is 6.45. The molecule has 0 aromatic carbocycles. The average Bonchev–Trinajstić information content (AvgIpc) is 2.16. The third-order valence-corrected chi connectivity index (χ3v) is 3.89. The van der Waals surface area contributed by atoms with Crippen molar-refractivity contribution in [1.29, 1.82) is 0 Å². The van der Waals surface area contributed by atoms with Gasteiger partial charge in [-0.2, -0.15) is 0 Å². The van der Waals surface area contributed by atoms with Crippen LogP contribution in [0.15, 0.2) is 0 Å². The lowest BCUT2D eigenvalue weighted by atomic mass is 9.85. The number of hydrogen-bond acceptors (Lipinski definition) is 2. The maximum Gasteiger partial charge on any atom is 0.224 e. The van der Waals surface area contributed by atoms with Gasteiger partial charge in [-0.15, -0.1) is 12.4 Å². The van der Waals surface area contributed by atoms with E-state index in [1.165, 1.54) is 19.3 Å². The number of piperidine rings is 1. The number of rotatable bonds is 3. The van der Waals surface area contributed by atoms with Crippen molar-refractivity contribution >= 4 is 18.3 Å². The molecule has 16 heavy (non-hydrogen) atoms. The third-order valence-electron chi connectivity index (χ3n) is 3.89. The molecule has 2 rings (SSSR count). The molecule has 0 aromatic rings. The quantitative estimate of drug-likeness (QED) is 0.796. The Morgan fingerprint density at radius 1 is 1.31 bits per heavy atom. The summed E-state index contributed by atoms with van der Waals surface area (Å²) in [6.07, 6.45) is 6.13. The molecule has 1 saturated carbocycles. The van der Waals surface area contributed by atoms with E-state index in [1.807, 2.05) is 0 Å². The Morgan fingerprint density at radius 2 is 2.06 bits per heavy atom. The molecule has 0 unspecified atom stereocenters. The topological polar surface area (TPSA) is 41.1 Å². The van der Waals surface area contributed by atoms with Gasteiger partial charge < -0.3 is 10.6 Å². The van der Waals surface area contributed by atoms with Gasteiger partial charge in [0.05, 0.1) is 5.92 Å². The number of carbonyl (C=O) groups excluding carboxylic acids is 1.